The Bertz CT molecular complexity index is 1320. The largest absolute Gasteiger partial charge is 0.478 e. The third kappa shape index (κ3) is 9.04. The van der Waals surface area contributed by atoms with Crippen molar-refractivity contribution in [3.63, 3.8) is 0 Å². The second kappa shape index (κ2) is 15.9. The fourth-order valence-corrected chi connectivity index (χ4v) is 5.12. The molecule has 6 nitrogen and oxygen atoms in total. The number of ether oxygens (including phenoxy) is 2. The predicted molar refractivity (Wildman–Crippen MR) is 167 cm³/mol. The van der Waals surface area contributed by atoms with E-state index in [0.29, 0.717) is 17.0 Å². The fourth-order valence-electron chi connectivity index (χ4n) is 5.12. The van der Waals surface area contributed by atoms with Gasteiger partial charge in [0.2, 0.25) is 0 Å². The second-order valence-corrected chi connectivity index (χ2v) is 11.1. The topological polar surface area (TPSA) is 89.9 Å². The van der Waals surface area contributed by atoms with Crippen LogP contribution in [0.5, 0.6) is 0 Å². The Balaban J connectivity index is 1.90. The number of aromatic carboxylic acids is 1. The second-order valence-electron chi connectivity index (χ2n) is 11.1. The number of esters is 2. The molecule has 42 heavy (non-hydrogen) atoms. The Morgan fingerprint density at radius 2 is 1.19 bits per heavy atom. The van der Waals surface area contributed by atoms with E-state index in [-0.39, 0.29) is 29.7 Å². The first-order valence-corrected chi connectivity index (χ1v) is 15.2. The number of carbonyl (C=O) groups is 3. The number of carboxylic acid groups (broad SMARTS) is 1. The van der Waals surface area contributed by atoms with Crippen LogP contribution in [-0.2, 0) is 9.47 Å². The Kier molecular flexibility index (Phi) is 12.3. The number of rotatable bonds is 15. The molecule has 0 aliphatic rings. The van der Waals surface area contributed by atoms with Gasteiger partial charge in [0.05, 0.1) is 28.9 Å². The van der Waals surface area contributed by atoms with Crippen LogP contribution >= 0.6 is 0 Å². The minimum absolute atomic E-state index is 0.172. The van der Waals surface area contributed by atoms with E-state index in [4.69, 9.17) is 9.47 Å². The molecule has 0 aliphatic heterocycles. The third-order valence-electron chi connectivity index (χ3n) is 7.78. The van der Waals surface area contributed by atoms with Crippen molar-refractivity contribution in [2.24, 2.45) is 5.92 Å². The van der Waals surface area contributed by atoms with Gasteiger partial charge >= 0.3 is 17.9 Å². The highest BCUT2D eigenvalue weighted by molar-refractivity contribution is 5.96. The van der Waals surface area contributed by atoms with Crippen molar-refractivity contribution in [1.82, 2.24) is 0 Å². The highest BCUT2D eigenvalue weighted by Gasteiger charge is 2.19. The van der Waals surface area contributed by atoms with Crippen LogP contribution in [0, 0.1) is 5.92 Å². The summed E-state index contributed by atoms with van der Waals surface area (Å²) < 4.78 is 11.4. The van der Waals surface area contributed by atoms with Gasteiger partial charge in [-0.15, -0.1) is 0 Å². The first-order chi connectivity index (χ1) is 20.2. The molecular formula is C36H44O6. The molecule has 0 amide bonds. The van der Waals surface area contributed by atoms with E-state index in [1.165, 1.54) is 0 Å². The molecule has 6 heteroatoms. The van der Waals surface area contributed by atoms with E-state index in [1.54, 1.807) is 48.5 Å². The van der Waals surface area contributed by atoms with Crippen LogP contribution in [0.3, 0.4) is 0 Å². The summed E-state index contributed by atoms with van der Waals surface area (Å²) in [4.78, 5) is 37.3. The third-order valence-corrected chi connectivity index (χ3v) is 7.78. The van der Waals surface area contributed by atoms with Crippen molar-refractivity contribution in [3.05, 3.63) is 83.4 Å². The molecule has 2 atom stereocenters. The Hall–Kier alpha value is -3.93. The van der Waals surface area contributed by atoms with Gasteiger partial charge in [-0.05, 0) is 97.7 Å². The molecular weight excluding hydrogens is 528 g/mol. The van der Waals surface area contributed by atoms with Gasteiger partial charge in [-0.3, -0.25) is 0 Å². The normalized spacial score (nSPS) is 12.5. The molecule has 224 valence electrons. The standard InChI is InChI=1S/C36H44O6/c1-6-9-10-11-24(4)41-36(40)31-20-21-32(27-12-16-29(17-13-27)34(37)38)33(23-31)28-14-18-30(19-15-28)35(39)42-25(5)22-26(7-2)8-3/h12-21,23-26H,6-11,22H2,1-5H3,(H,37,38)/t24-,25-/m1/s1. The molecule has 0 saturated carbocycles. The summed E-state index contributed by atoms with van der Waals surface area (Å²) in [5.41, 5.74) is 4.29. The number of hydrogen-bond donors (Lipinski definition) is 1. The lowest BCUT2D eigenvalue weighted by Gasteiger charge is -2.19. The van der Waals surface area contributed by atoms with Crippen molar-refractivity contribution in [1.29, 1.82) is 0 Å². The minimum Gasteiger partial charge on any atom is -0.478 e. The molecule has 0 radical (unpaired) electrons. The maximum atomic E-state index is 13.1. The van der Waals surface area contributed by atoms with E-state index in [2.05, 4.69) is 20.8 Å². The van der Waals surface area contributed by atoms with Gasteiger partial charge in [-0.2, -0.15) is 0 Å². The van der Waals surface area contributed by atoms with Gasteiger partial charge in [0, 0.05) is 0 Å². The zero-order valence-corrected chi connectivity index (χ0v) is 25.5. The molecule has 0 unspecified atom stereocenters. The predicted octanol–water partition coefficient (Wildman–Crippen LogP) is 9.22. The van der Waals surface area contributed by atoms with E-state index in [1.807, 2.05) is 32.0 Å². The highest BCUT2D eigenvalue weighted by atomic mass is 16.5. The fraction of sp³-hybridized carbons (Fsp3) is 0.417. The quantitative estimate of drug-likeness (QED) is 0.144. The van der Waals surface area contributed by atoms with E-state index >= 15 is 0 Å². The molecule has 3 aromatic rings. The molecule has 3 aromatic carbocycles. The van der Waals surface area contributed by atoms with Crippen molar-refractivity contribution >= 4 is 17.9 Å². The van der Waals surface area contributed by atoms with Gasteiger partial charge < -0.3 is 14.6 Å². The van der Waals surface area contributed by atoms with E-state index in [9.17, 15) is 19.5 Å². The zero-order valence-electron chi connectivity index (χ0n) is 25.5. The van der Waals surface area contributed by atoms with Crippen LogP contribution in [0.15, 0.2) is 66.7 Å². The maximum Gasteiger partial charge on any atom is 0.338 e. The summed E-state index contributed by atoms with van der Waals surface area (Å²) in [6, 6.07) is 19.2. The smallest absolute Gasteiger partial charge is 0.338 e. The monoisotopic (exact) mass is 572 g/mol. The van der Waals surface area contributed by atoms with Crippen LogP contribution in [0.25, 0.3) is 22.3 Å². The van der Waals surface area contributed by atoms with Gasteiger partial charge in [0.15, 0.2) is 0 Å². The average molecular weight is 573 g/mol. The number of hydrogen-bond acceptors (Lipinski definition) is 5. The molecule has 0 fully saturated rings. The van der Waals surface area contributed by atoms with E-state index in [0.717, 1.165) is 67.2 Å². The van der Waals surface area contributed by atoms with Crippen LogP contribution in [-0.4, -0.2) is 35.2 Å². The zero-order chi connectivity index (χ0) is 30.6. The van der Waals surface area contributed by atoms with Crippen molar-refractivity contribution in [3.8, 4) is 22.3 Å². The molecule has 3 rings (SSSR count). The lowest BCUT2D eigenvalue weighted by molar-refractivity contribution is 0.0282. The lowest BCUT2D eigenvalue weighted by Crippen LogP contribution is -2.18. The van der Waals surface area contributed by atoms with Crippen molar-refractivity contribution in [2.75, 3.05) is 0 Å². The van der Waals surface area contributed by atoms with Gasteiger partial charge in [0.1, 0.15) is 0 Å². The van der Waals surface area contributed by atoms with Crippen LogP contribution in [0.4, 0.5) is 0 Å². The average Bonchev–Trinajstić information content (AvgIpc) is 2.99. The van der Waals surface area contributed by atoms with Crippen LogP contribution in [0.2, 0.25) is 0 Å². The van der Waals surface area contributed by atoms with E-state index < -0.39 is 5.97 Å². The van der Waals surface area contributed by atoms with Gasteiger partial charge in [0.25, 0.3) is 0 Å². The summed E-state index contributed by atoms with van der Waals surface area (Å²) in [7, 11) is 0. The molecule has 1 N–H and O–H groups in total. The van der Waals surface area contributed by atoms with Crippen LogP contribution < -0.4 is 0 Å². The summed E-state index contributed by atoms with van der Waals surface area (Å²) in [6.45, 7) is 10.3. The molecule has 0 bridgehead atoms. The summed E-state index contributed by atoms with van der Waals surface area (Å²) >= 11 is 0. The number of carboxylic acids is 1. The molecule has 0 aromatic heterocycles. The summed E-state index contributed by atoms with van der Waals surface area (Å²) in [5.74, 6) is -1.22. The Morgan fingerprint density at radius 1 is 0.667 bits per heavy atom. The van der Waals surface area contributed by atoms with Gasteiger partial charge in [-0.1, -0.05) is 76.8 Å². The summed E-state index contributed by atoms with van der Waals surface area (Å²) in [5, 5.41) is 9.32. The molecule has 0 heterocycles. The lowest BCUT2D eigenvalue weighted by atomic mass is 9.92. The molecule has 0 aliphatic carbocycles. The Labute approximate surface area is 250 Å². The number of unbranched alkanes of at least 4 members (excludes halogenated alkanes) is 2. The van der Waals surface area contributed by atoms with Crippen molar-refractivity contribution < 1.29 is 29.0 Å². The number of carbonyl (C=O) groups excluding carboxylic acids is 2. The van der Waals surface area contributed by atoms with Gasteiger partial charge in [-0.25, -0.2) is 14.4 Å². The molecule has 0 saturated heterocycles. The molecule has 0 spiro atoms. The maximum absolute atomic E-state index is 13.1. The SMILES string of the molecule is CCCCC[C@@H](C)OC(=O)c1ccc(-c2ccc(C(=O)O)cc2)c(-c2ccc(C(=O)O[C@H](C)CC(CC)CC)cc2)c1. The Morgan fingerprint density at radius 3 is 1.76 bits per heavy atom. The first kappa shape index (κ1) is 32.6. The first-order valence-electron chi connectivity index (χ1n) is 15.2. The summed E-state index contributed by atoms with van der Waals surface area (Å²) in [6.07, 6.45) is 6.61. The highest BCUT2D eigenvalue weighted by Crippen LogP contribution is 2.34. The minimum atomic E-state index is -0.996. The van der Waals surface area contributed by atoms with Crippen LogP contribution in [0.1, 0.15) is 111 Å². The number of benzene rings is 3. The van der Waals surface area contributed by atoms with Crippen molar-refractivity contribution in [2.45, 2.75) is 91.8 Å².